The smallest absolute Gasteiger partial charge is 0.257 e. The molecule has 1 amide bonds. The number of hydrogen-bond acceptors (Lipinski definition) is 2. The first-order valence-electron chi connectivity index (χ1n) is 8.09. The molecule has 0 saturated carbocycles. The average Bonchev–Trinajstić information content (AvgIpc) is 2.91. The Morgan fingerprint density at radius 2 is 1.72 bits per heavy atom. The second kappa shape index (κ2) is 7.23. The van der Waals surface area contributed by atoms with Gasteiger partial charge in [-0.05, 0) is 43.7 Å². The zero-order chi connectivity index (χ0) is 18.0. The number of nitrogens with zero attached hydrogens (tertiary/aromatic N) is 3. The molecule has 0 bridgehead atoms. The van der Waals surface area contributed by atoms with Gasteiger partial charge in [0.2, 0.25) is 0 Å². The van der Waals surface area contributed by atoms with E-state index < -0.39 is 0 Å². The summed E-state index contributed by atoms with van der Waals surface area (Å²) in [4.78, 5) is 14.7. The quantitative estimate of drug-likeness (QED) is 0.648. The second-order valence-corrected chi connectivity index (χ2v) is 7.00. The third-order valence-electron chi connectivity index (χ3n) is 4.19. The number of para-hydroxylation sites is 1. The standard InChI is InChI=1S/C20H20BrN3O/c1-14-19(15(2)24(22-14)18-7-5-4-6-8-18)20(25)23(3)13-16-9-11-17(21)12-10-16/h4-12H,13H2,1-3H3. The predicted molar refractivity (Wildman–Crippen MR) is 103 cm³/mol. The molecule has 3 rings (SSSR count). The highest BCUT2D eigenvalue weighted by atomic mass is 79.9. The van der Waals surface area contributed by atoms with Crippen LogP contribution in [0.25, 0.3) is 5.69 Å². The Morgan fingerprint density at radius 3 is 2.36 bits per heavy atom. The van der Waals surface area contributed by atoms with Crippen molar-refractivity contribution >= 4 is 21.8 Å². The first kappa shape index (κ1) is 17.4. The molecule has 0 aliphatic heterocycles. The fourth-order valence-electron chi connectivity index (χ4n) is 2.90. The maximum atomic E-state index is 13.0. The van der Waals surface area contributed by atoms with Gasteiger partial charge in [-0.2, -0.15) is 5.10 Å². The molecule has 0 fully saturated rings. The highest BCUT2D eigenvalue weighted by Crippen LogP contribution is 2.20. The minimum atomic E-state index is -0.0138. The topological polar surface area (TPSA) is 38.1 Å². The number of carbonyl (C=O) groups is 1. The van der Waals surface area contributed by atoms with Crippen molar-refractivity contribution in [3.05, 3.63) is 81.6 Å². The number of amides is 1. The van der Waals surface area contributed by atoms with Crippen LogP contribution in [0.2, 0.25) is 0 Å². The largest absolute Gasteiger partial charge is 0.337 e. The molecule has 0 N–H and O–H groups in total. The molecule has 0 aliphatic rings. The van der Waals surface area contributed by atoms with Crippen LogP contribution in [0.4, 0.5) is 0 Å². The van der Waals surface area contributed by atoms with E-state index in [1.54, 1.807) is 4.90 Å². The van der Waals surface area contributed by atoms with Crippen LogP contribution in [-0.4, -0.2) is 27.6 Å². The number of aryl methyl sites for hydroxylation is 1. The molecular formula is C20H20BrN3O. The van der Waals surface area contributed by atoms with E-state index in [0.717, 1.165) is 27.1 Å². The van der Waals surface area contributed by atoms with Crippen LogP contribution in [0.3, 0.4) is 0 Å². The molecule has 0 unspecified atom stereocenters. The van der Waals surface area contributed by atoms with Crippen molar-refractivity contribution in [2.75, 3.05) is 7.05 Å². The lowest BCUT2D eigenvalue weighted by Crippen LogP contribution is -2.27. The Morgan fingerprint density at radius 1 is 1.08 bits per heavy atom. The Labute approximate surface area is 156 Å². The van der Waals surface area contributed by atoms with E-state index in [4.69, 9.17) is 0 Å². The summed E-state index contributed by atoms with van der Waals surface area (Å²) in [5.74, 6) is -0.0138. The number of aromatic nitrogens is 2. The Kier molecular flexibility index (Phi) is 5.04. The van der Waals surface area contributed by atoms with Crippen molar-refractivity contribution in [3.63, 3.8) is 0 Å². The van der Waals surface area contributed by atoms with Crippen LogP contribution < -0.4 is 0 Å². The van der Waals surface area contributed by atoms with E-state index in [1.807, 2.05) is 80.2 Å². The van der Waals surface area contributed by atoms with Gasteiger partial charge in [-0.3, -0.25) is 4.79 Å². The maximum Gasteiger partial charge on any atom is 0.257 e. The first-order valence-corrected chi connectivity index (χ1v) is 8.88. The van der Waals surface area contributed by atoms with Gasteiger partial charge in [0.1, 0.15) is 0 Å². The molecule has 0 radical (unpaired) electrons. The van der Waals surface area contributed by atoms with Crippen LogP contribution in [0.15, 0.2) is 59.1 Å². The Bertz CT molecular complexity index is 885. The third kappa shape index (κ3) is 3.66. The van der Waals surface area contributed by atoms with Crippen molar-refractivity contribution in [2.24, 2.45) is 0 Å². The highest BCUT2D eigenvalue weighted by molar-refractivity contribution is 9.10. The van der Waals surface area contributed by atoms with Crippen molar-refractivity contribution < 1.29 is 4.79 Å². The molecule has 0 atom stereocenters. The van der Waals surface area contributed by atoms with Gasteiger partial charge in [-0.1, -0.05) is 46.3 Å². The Hall–Kier alpha value is -2.40. The molecular weight excluding hydrogens is 378 g/mol. The van der Waals surface area contributed by atoms with Gasteiger partial charge in [-0.25, -0.2) is 4.68 Å². The van der Waals surface area contributed by atoms with Crippen LogP contribution in [0.1, 0.15) is 27.3 Å². The molecule has 5 heteroatoms. The number of rotatable bonds is 4. The Balaban J connectivity index is 1.87. The van der Waals surface area contributed by atoms with E-state index in [2.05, 4.69) is 21.0 Å². The number of hydrogen-bond donors (Lipinski definition) is 0. The average molecular weight is 398 g/mol. The van der Waals surface area contributed by atoms with E-state index in [1.165, 1.54) is 0 Å². The molecule has 0 saturated heterocycles. The summed E-state index contributed by atoms with van der Waals surface area (Å²) >= 11 is 3.43. The fraction of sp³-hybridized carbons (Fsp3) is 0.200. The van der Waals surface area contributed by atoms with Gasteiger partial charge in [0.05, 0.1) is 22.6 Å². The second-order valence-electron chi connectivity index (χ2n) is 6.08. The predicted octanol–water partition coefficient (Wildman–Crippen LogP) is 4.52. The van der Waals surface area contributed by atoms with Gasteiger partial charge in [0.15, 0.2) is 0 Å². The van der Waals surface area contributed by atoms with E-state index in [0.29, 0.717) is 12.1 Å². The summed E-state index contributed by atoms with van der Waals surface area (Å²) in [6, 6.07) is 17.9. The molecule has 3 aromatic rings. The van der Waals surface area contributed by atoms with Crippen molar-refractivity contribution in [1.82, 2.24) is 14.7 Å². The van der Waals surface area contributed by atoms with E-state index >= 15 is 0 Å². The zero-order valence-corrected chi connectivity index (χ0v) is 16.1. The molecule has 4 nitrogen and oxygen atoms in total. The third-order valence-corrected chi connectivity index (χ3v) is 4.71. The van der Waals surface area contributed by atoms with Crippen LogP contribution in [0.5, 0.6) is 0 Å². The van der Waals surface area contributed by atoms with Gasteiger partial charge >= 0.3 is 0 Å². The number of halogens is 1. The lowest BCUT2D eigenvalue weighted by molar-refractivity contribution is 0.0783. The highest BCUT2D eigenvalue weighted by Gasteiger charge is 2.22. The lowest BCUT2D eigenvalue weighted by atomic mass is 10.1. The van der Waals surface area contributed by atoms with Crippen LogP contribution >= 0.6 is 15.9 Å². The van der Waals surface area contributed by atoms with Gasteiger partial charge in [0.25, 0.3) is 5.91 Å². The zero-order valence-electron chi connectivity index (χ0n) is 14.5. The SMILES string of the molecule is Cc1nn(-c2ccccc2)c(C)c1C(=O)N(C)Cc1ccc(Br)cc1. The van der Waals surface area contributed by atoms with Gasteiger partial charge < -0.3 is 4.90 Å². The molecule has 2 aromatic carbocycles. The monoisotopic (exact) mass is 397 g/mol. The minimum Gasteiger partial charge on any atom is -0.337 e. The summed E-state index contributed by atoms with van der Waals surface area (Å²) in [6.07, 6.45) is 0. The molecule has 1 aromatic heterocycles. The van der Waals surface area contributed by atoms with Crippen LogP contribution in [-0.2, 0) is 6.54 Å². The lowest BCUT2D eigenvalue weighted by Gasteiger charge is -2.17. The summed E-state index contributed by atoms with van der Waals surface area (Å²) < 4.78 is 2.86. The number of carbonyl (C=O) groups excluding carboxylic acids is 1. The molecule has 25 heavy (non-hydrogen) atoms. The van der Waals surface area contributed by atoms with E-state index in [-0.39, 0.29) is 5.91 Å². The summed E-state index contributed by atoms with van der Waals surface area (Å²) in [5.41, 5.74) is 4.32. The molecule has 128 valence electrons. The van der Waals surface area contributed by atoms with Crippen LogP contribution in [0, 0.1) is 13.8 Å². The fourth-order valence-corrected chi connectivity index (χ4v) is 3.16. The van der Waals surface area contributed by atoms with E-state index in [9.17, 15) is 4.79 Å². The van der Waals surface area contributed by atoms with Gasteiger partial charge in [-0.15, -0.1) is 0 Å². The van der Waals surface area contributed by atoms with Crippen molar-refractivity contribution in [2.45, 2.75) is 20.4 Å². The summed E-state index contributed by atoms with van der Waals surface area (Å²) in [7, 11) is 1.82. The maximum absolute atomic E-state index is 13.0. The molecule has 1 heterocycles. The van der Waals surface area contributed by atoms with Gasteiger partial charge in [0, 0.05) is 18.1 Å². The normalized spacial score (nSPS) is 10.7. The first-order chi connectivity index (χ1) is 12.0. The molecule has 0 aliphatic carbocycles. The number of benzene rings is 2. The van der Waals surface area contributed by atoms with Crippen molar-refractivity contribution in [1.29, 1.82) is 0 Å². The minimum absolute atomic E-state index is 0.0138. The van der Waals surface area contributed by atoms with Crippen molar-refractivity contribution in [3.8, 4) is 5.69 Å². The summed E-state index contributed by atoms with van der Waals surface area (Å²) in [5, 5.41) is 4.57. The molecule has 0 spiro atoms. The summed E-state index contributed by atoms with van der Waals surface area (Å²) in [6.45, 7) is 4.38.